The third-order valence-corrected chi connectivity index (χ3v) is 2.87. The second kappa shape index (κ2) is 3.44. The van der Waals surface area contributed by atoms with Gasteiger partial charge >= 0.3 is 0 Å². The summed E-state index contributed by atoms with van der Waals surface area (Å²) in [5.41, 5.74) is 3.70. The molecular formula is C12H7N2S. The van der Waals surface area contributed by atoms with Gasteiger partial charge in [-0.25, -0.2) is 9.97 Å². The summed E-state index contributed by atoms with van der Waals surface area (Å²) in [5, 5.41) is 4.08. The van der Waals surface area contributed by atoms with Crippen molar-refractivity contribution in [3.63, 3.8) is 0 Å². The van der Waals surface area contributed by atoms with Gasteiger partial charge in [0.15, 0.2) is 0 Å². The molecule has 2 aromatic heterocycles. The fraction of sp³-hybridized carbons (Fsp3) is 0. The summed E-state index contributed by atoms with van der Waals surface area (Å²) in [6.45, 7) is 0. The predicted octanol–water partition coefficient (Wildman–Crippen LogP) is 3.16. The molecule has 2 heterocycles. The fourth-order valence-electron chi connectivity index (χ4n) is 1.44. The zero-order valence-electron chi connectivity index (χ0n) is 7.84. The maximum atomic E-state index is 4.51. The van der Waals surface area contributed by atoms with Crippen LogP contribution in [0, 0.1) is 6.20 Å². The maximum absolute atomic E-state index is 4.51. The van der Waals surface area contributed by atoms with Gasteiger partial charge in [0.2, 0.25) is 0 Å². The highest BCUT2D eigenvalue weighted by Crippen LogP contribution is 2.20. The standard InChI is InChI=1S/C12H7N2S/c1-2-4-11-10(3-1)13-7-12(14-11)9-5-6-15-8-9/h1-6,8H. The van der Waals surface area contributed by atoms with Crippen LogP contribution in [-0.2, 0) is 0 Å². The second-order valence-corrected chi connectivity index (χ2v) is 3.96. The van der Waals surface area contributed by atoms with Crippen LogP contribution < -0.4 is 0 Å². The Labute approximate surface area is 91.2 Å². The minimum Gasteiger partial charge on any atom is -0.244 e. The molecule has 15 heavy (non-hydrogen) atoms. The molecule has 0 N–H and O–H groups in total. The first-order chi connectivity index (χ1) is 7.43. The molecule has 0 fully saturated rings. The van der Waals surface area contributed by atoms with E-state index < -0.39 is 0 Å². The zero-order valence-corrected chi connectivity index (χ0v) is 8.66. The zero-order chi connectivity index (χ0) is 10.1. The van der Waals surface area contributed by atoms with E-state index in [2.05, 4.69) is 21.5 Å². The Hall–Kier alpha value is -1.74. The van der Waals surface area contributed by atoms with Crippen LogP contribution in [-0.4, -0.2) is 9.97 Å². The molecule has 0 saturated carbocycles. The molecule has 3 aromatic rings. The molecule has 1 radical (unpaired) electrons. The minimum atomic E-state index is 0.815. The van der Waals surface area contributed by atoms with Gasteiger partial charge in [0.1, 0.15) is 6.20 Å². The van der Waals surface area contributed by atoms with E-state index in [1.54, 1.807) is 11.3 Å². The second-order valence-electron chi connectivity index (χ2n) is 3.18. The molecule has 0 saturated heterocycles. The van der Waals surface area contributed by atoms with Crippen LogP contribution in [0.3, 0.4) is 0 Å². The van der Waals surface area contributed by atoms with Crippen LogP contribution in [0.2, 0.25) is 0 Å². The number of hydrogen-bond donors (Lipinski definition) is 0. The van der Waals surface area contributed by atoms with Crippen LogP contribution in [0.25, 0.3) is 22.3 Å². The Kier molecular flexibility index (Phi) is 1.96. The summed E-state index contributed by atoms with van der Waals surface area (Å²) in [4.78, 5) is 8.76. The van der Waals surface area contributed by atoms with Gasteiger partial charge in [-0.15, -0.1) is 0 Å². The molecule has 1 aromatic carbocycles. The van der Waals surface area contributed by atoms with Crippen molar-refractivity contribution in [2.24, 2.45) is 0 Å². The molecule has 0 aliphatic rings. The number of hydrogen-bond acceptors (Lipinski definition) is 3. The van der Waals surface area contributed by atoms with E-state index >= 15 is 0 Å². The van der Waals surface area contributed by atoms with Gasteiger partial charge < -0.3 is 0 Å². The lowest BCUT2D eigenvalue weighted by atomic mass is 10.2. The molecule has 0 spiro atoms. The summed E-state index contributed by atoms with van der Waals surface area (Å²) in [7, 11) is 0. The molecule has 0 bridgehead atoms. The first-order valence-electron chi connectivity index (χ1n) is 4.60. The Bertz CT molecular complexity index is 587. The van der Waals surface area contributed by atoms with E-state index in [0.717, 1.165) is 22.3 Å². The lowest BCUT2D eigenvalue weighted by Gasteiger charge is -1.98. The highest BCUT2D eigenvalue weighted by Gasteiger charge is 2.02. The first kappa shape index (κ1) is 8.56. The van der Waals surface area contributed by atoms with Gasteiger partial charge in [0.25, 0.3) is 0 Å². The van der Waals surface area contributed by atoms with Crippen molar-refractivity contribution in [2.75, 3.05) is 0 Å². The van der Waals surface area contributed by atoms with Crippen LogP contribution in [0.4, 0.5) is 0 Å². The Morgan fingerprint density at radius 2 is 1.93 bits per heavy atom. The van der Waals surface area contributed by atoms with Crippen molar-refractivity contribution in [3.8, 4) is 11.3 Å². The van der Waals surface area contributed by atoms with Crippen LogP contribution in [0.5, 0.6) is 0 Å². The van der Waals surface area contributed by atoms with Crippen molar-refractivity contribution >= 4 is 22.4 Å². The van der Waals surface area contributed by atoms with E-state index in [9.17, 15) is 0 Å². The van der Waals surface area contributed by atoms with E-state index in [-0.39, 0.29) is 0 Å². The lowest BCUT2D eigenvalue weighted by Crippen LogP contribution is -1.87. The number of fused-ring (bicyclic) bond motifs is 1. The topological polar surface area (TPSA) is 25.8 Å². The largest absolute Gasteiger partial charge is 0.244 e. The van der Waals surface area contributed by atoms with Crippen molar-refractivity contribution < 1.29 is 0 Å². The van der Waals surface area contributed by atoms with Gasteiger partial charge in [0.05, 0.1) is 16.7 Å². The molecular weight excluding hydrogens is 204 g/mol. The number of benzene rings is 1. The minimum absolute atomic E-state index is 0.815. The SMILES string of the molecule is [c]1nc2ccccc2nc1-c1ccsc1. The monoisotopic (exact) mass is 211 g/mol. The van der Waals surface area contributed by atoms with E-state index in [1.165, 1.54) is 0 Å². The predicted molar refractivity (Wildman–Crippen MR) is 61.7 cm³/mol. The summed E-state index contributed by atoms with van der Waals surface area (Å²) < 4.78 is 0. The molecule has 0 aliphatic heterocycles. The number of nitrogens with zero attached hydrogens (tertiary/aromatic N) is 2. The average Bonchev–Trinajstić information content (AvgIpc) is 2.82. The van der Waals surface area contributed by atoms with Crippen LogP contribution in [0.15, 0.2) is 41.1 Å². The summed E-state index contributed by atoms with van der Waals surface area (Å²) >= 11 is 1.65. The molecule has 0 aliphatic carbocycles. The number of thiophene rings is 1. The molecule has 3 heteroatoms. The average molecular weight is 211 g/mol. The Morgan fingerprint density at radius 1 is 1.07 bits per heavy atom. The quantitative estimate of drug-likeness (QED) is 0.618. The smallest absolute Gasteiger partial charge is 0.118 e. The number of rotatable bonds is 1. The third-order valence-electron chi connectivity index (χ3n) is 2.19. The molecule has 3 rings (SSSR count). The molecule has 71 valence electrons. The molecule has 0 atom stereocenters. The highest BCUT2D eigenvalue weighted by atomic mass is 32.1. The summed E-state index contributed by atoms with van der Waals surface area (Å²) in [6, 6.07) is 9.85. The van der Waals surface area contributed by atoms with Gasteiger partial charge in [0, 0.05) is 10.9 Å². The lowest BCUT2D eigenvalue weighted by molar-refractivity contribution is 1.28. The van der Waals surface area contributed by atoms with Gasteiger partial charge in [-0.2, -0.15) is 11.3 Å². The number of aromatic nitrogens is 2. The van der Waals surface area contributed by atoms with Crippen LogP contribution in [0.1, 0.15) is 0 Å². The van der Waals surface area contributed by atoms with Crippen LogP contribution >= 0.6 is 11.3 Å². The van der Waals surface area contributed by atoms with Gasteiger partial charge in [-0.3, -0.25) is 0 Å². The molecule has 0 unspecified atom stereocenters. The van der Waals surface area contributed by atoms with E-state index in [4.69, 9.17) is 0 Å². The highest BCUT2D eigenvalue weighted by molar-refractivity contribution is 7.08. The van der Waals surface area contributed by atoms with E-state index in [1.807, 2.05) is 35.7 Å². The Balaban J connectivity index is 2.22. The van der Waals surface area contributed by atoms with Gasteiger partial charge in [-0.1, -0.05) is 12.1 Å². The normalized spacial score (nSPS) is 10.7. The molecule has 2 nitrogen and oxygen atoms in total. The summed E-state index contributed by atoms with van der Waals surface area (Å²) in [6.07, 6.45) is 2.96. The third kappa shape index (κ3) is 1.51. The van der Waals surface area contributed by atoms with Crippen molar-refractivity contribution in [1.82, 2.24) is 9.97 Å². The fourth-order valence-corrected chi connectivity index (χ4v) is 2.08. The maximum Gasteiger partial charge on any atom is 0.118 e. The van der Waals surface area contributed by atoms with Crippen molar-refractivity contribution in [1.29, 1.82) is 0 Å². The Morgan fingerprint density at radius 3 is 2.73 bits per heavy atom. The van der Waals surface area contributed by atoms with Crippen molar-refractivity contribution in [2.45, 2.75) is 0 Å². The first-order valence-corrected chi connectivity index (χ1v) is 5.55. The van der Waals surface area contributed by atoms with Crippen molar-refractivity contribution in [3.05, 3.63) is 47.3 Å². The molecule has 0 amide bonds. The van der Waals surface area contributed by atoms with Gasteiger partial charge in [-0.05, 0) is 23.6 Å². The number of para-hydroxylation sites is 2. The summed E-state index contributed by atoms with van der Waals surface area (Å²) in [5.74, 6) is 0. The van der Waals surface area contributed by atoms with E-state index in [0.29, 0.717) is 0 Å².